The maximum atomic E-state index is 12.1. The zero-order valence-electron chi connectivity index (χ0n) is 13.7. The van der Waals surface area contributed by atoms with Gasteiger partial charge in [0.05, 0.1) is 19.8 Å². The molecule has 0 aliphatic carbocycles. The Labute approximate surface area is 141 Å². The molecule has 0 amide bonds. The van der Waals surface area contributed by atoms with Crippen molar-refractivity contribution in [3.05, 3.63) is 78.4 Å². The van der Waals surface area contributed by atoms with Gasteiger partial charge in [0, 0.05) is 0 Å². The maximum absolute atomic E-state index is 12.1. The lowest BCUT2D eigenvalue weighted by Crippen LogP contribution is -2.03. The van der Waals surface area contributed by atoms with Crippen molar-refractivity contribution in [2.75, 3.05) is 14.2 Å². The summed E-state index contributed by atoms with van der Waals surface area (Å²) in [6, 6.07) is 23.5. The largest absolute Gasteiger partial charge is 0.497 e. The summed E-state index contributed by atoms with van der Waals surface area (Å²) in [5.74, 6) is 0.429. The van der Waals surface area contributed by atoms with Gasteiger partial charge < -0.3 is 9.47 Å². The summed E-state index contributed by atoms with van der Waals surface area (Å²) < 4.78 is 10.1. The summed E-state index contributed by atoms with van der Waals surface area (Å²) in [6.45, 7) is 0. The second kappa shape index (κ2) is 7.01. The van der Waals surface area contributed by atoms with E-state index < -0.39 is 0 Å². The minimum absolute atomic E-state index is 0.347. The highest BCUT2D eigenvalue weighted by Crippen LogP contribution is 2.31. The summed E-state index contributed by atoms with van der Waals surface area (Å²) in [6.07, 6.45) is 0. The summed E-state index contributed by atoms with van der Waals surface area (Å²) in [5, 5.41) is 0. The molecule has 0 unspecified atom stereocenters. The van der Waals surface area contributed by atoms with E-state index in [1.807, 2.05) is 72.8 Å². The Hall–Kier alpha value is -3.07. The predicted molar refractivity (Wildman–Crippen MR) is 95.2 cm³/mol. The molecule has 3 nitrogen and oxygen atoms in total. The van der Waals surface area contributed by atoms with Crippen LogP contribution in [0.1, 0.15) is 10.4 Å². The molecule has 3 rings (SSSR count). The molecular weight excluding hydrogens is 300 g/mol. The molecule has 0 aliphatic heterocycles. The molecule has 0 fully saturated rings. The fourth-order valence-corrected chi connectivity index (χ4v) is 2.65. The molecule has 0 saturated carbocycles. The smallest absolute Gasteiger partial charge is 0.338 e. The van der Waals surface area contributed by atoms with Crippen molar-refractivity contribution in [2.24, 2.45) is 0 Å². The van der Waals surface area contributed by atoms with Crippen LogP contribution in [0.5, 0.6) is 5.75 Å². The summed E-state index contributed by atoms with van der Waals surface area (Å²) in [5.41, 5.74) is 4.47. The minimum Gasteiger partial charge on any atom is -0.497 e. The van der Waals surface area contributed by atoms with Gasteiger partial charge in [-0.3, -0.25) is 0 Å². The van der Waals surface area contributed by atoms with Crippen LogP contribution in [-0.2, 0) is 4.74 Å². The van der Waals surface area contributed by atoms with Crippen molar-refractivity contribution < 1.29 is 14.3 Å². The van der Waals surface area contributed by atoms with E-state index in [1.165, 1.54) is 7.11 Å². The topological polar surface area (TPSA) is 35.5 Å². The number of esters is 1. The second-order valence-electron chi connectivity index (χ2n) is 5.35. The first-order valence-corrected chi connectivity index (χ1v) is 7.65. The molecule has 24 heavy (non-hydrogen) atoms. The van der Waals surface area contributed by atoms with Gasteiger partial charge in [0.1, 0.15) is 5.75 Å². The summed E-state index contributed by atoms with van der Waals surface area (Å²) in [7, 11) is 3.02. The maximum Gasteiger partial charge on any atom is 0.338 e. The third-order valence-corrected chi connectivity index (χ3v) is 3.93. The Balaban J connectivity index is 2.13. The summed E-state index contributed by atoms with van der Waals surface area (Å²) >= 11 is 0. The van der Waals surface area contributed by atoms with Crippen LogP contribution in [0.25, 0.3) is 22.3 Å². The molecule has 0 bridgehead atoms. The fraction of sp³-hybridized carbons (Fsp3) is 0.0952. The highest BCUT2D eigenvalue weighted by molar-refractivity contribution is 5.98. The number of hydrogen-bond donors (Lipinski definition) is 0. The van der Waals surface area contributed by atoms with Crippen molar-refractivity contribution in [3.8, 4) is 28.0 Å². The van der Waals surface area contributed by atoms with Crippen LogP contribution < -0.4 is 4.74 Å². The second-order valence-corrected chi connectivity index (χ2v) is 5.35. The van der Waals surface area contributed by atoms with Crippen LogP contribution in [0.4, 0.5) is 0 Å². The van der Waals surface area contributed by atoms with E-state index in [0.29, 0.717) is 5.56 Å². The average Bonchev–Trinajstić information content (AvgIpc) is 2.67. The molecule has 3 aromatic carbocycles. The third kappa shape index (κ3) is 3.15. The Morgan fingerprint density at radius 3 is 2.04 bits per heavy atom. The van der Waals surface area contributed by atoms with Gasteiger partial charge in [-0.1, -0.05) is 48.5 Å². The number of benzene rings is 3. The van der Waals surface area contributed by atoms with Gasteiger partial charge in [-0.2, -0.15) is 0 Å². The first-order valence-electron chi connectivity index (χ1n) is 7.65. The molecule has 0 N–H and O–H groups in total. The number of methoxy groups -OCH3 is 2. The Morgan fingerprint density at radius 2 is 1.42 bits per heavy atom. The van der Waals surface area contributed by atoms with E-state index in [0.717, 1.165) is 28.0 Å². The zero-order chi connectivity index (χ0) is 16.9. The molecule has 0 radical (unpaired) electrons. The Morgan fingerprint density at radius 1 is 0.750 bits per heavy atom. The van der Waals surface area contributed by atoms with Crippen molar-refractivity contribution in [1.29, 1.82) is 0 Å². The lowest BCUT2D eigenvalue weighted by Gasteiger charge is -2.12. The van der Waals surface area contributed by atoms with Crippen LogP contribution in [0.3, 0.4) is 0 Å². The van der Waals surface area contributed by atoms with Gasteiger partial charge in [-0.25, -0.2) is 4.79 Å². The van der Waals surface area contributed by atoms with E-state index in [2.05, 4.69) is 0 Å². The van der Waals surface area contributed by atoms with Crippen molar-refractivity contribution >= 4 is 5.97 Å². The number of ether oxygens (including phenoxy) is 2. The van der Waals surface area contributed by atoms with E-state index in [4.69, 9.17) is 9.47 Å². The van der Waals surface area contributed by atoms with Crippen LogP contribution in [0.15, 0.2) is 72.8 Å². The van der Waals surface area contributed by atoms with E-state index in [9.17, 15) is 4.79 Å². The monoisotopic (exact) mass is 318 g/mol. The van der Waals surface area contributed by atoms with Crippen molar-refractivity contribution in [2.45, 2.75) is 0 Å². The fourth-order valence-electron chi connectivity index (χ4n) is 2.65. The highest BCUT2D eigenvalue weighted by Gasteiger charge is 2.14. The molecule has 0 heterocycles. The highest BCUT2D eigenvalue weighted by atomic mass is 16.5. The van der Waals surface area contributed by atoms with Crippen molar-refractivity contribution in [1.82, 2.24) is 0 Å². The average molecular weight is 318 g/mol. The Bertz CT molecular complexity index is 837. The van der Waals surface area contributed by atoms with Gasteiger partial charge in [0.25, 0.3) is 0 Å². The molecule has 0 aliphatic rings. The molecule has 120 valence electrons. The molecule has 0 atom stereocenters. The van der Waals surface area contributed by atoms with Crippen LogP contribution in [-0.4, -0.2) is 20.2 Å². The molecule has 3 heteroatoms. The van der Waals surface area contributed by atoms with Crippen LogP contribution in [0, 0.1) is 0 Å². The van der Waals surface area contributed by atoms with E-state index in [-0.39, 0.29) is 5.97 Å². The quantitative estimate of drug-likeness (QED) is 0.647. The van der Waals surface area contributed by atoms with E-state index >= 15 is 0 Å². The lowest BCUT2D eigenvalue weighted by atomic mass is 9.94. The molecule has 0 saturated heterocycles. The summed E-state index contributed by atoms with van der Waals surface area (Å²) in [4.78, 5) is 12.1. The van der Waals surface area contributed by atoms with Gasteiger partial charge in [-0.05, 0) is 46.5 Å². The van der Waals surface area contributed by atoms with Gasteiger partial charge in [0.15, 0.2) is 0 Å². The zero-order valence-corrected chi connectivity index (χ0v) is 13.7. The SMILES string of the molecule is COC(=O)c1ccc(-c2ccccc2)cc1-c1ccc(OC)cc1. The number of rotatable bonds is 4. The number of carbonyl (C=O) groups excluding carboxylic acids is 1. The number of carbonyl (C=O) groups is 1. The van der Waals surface area contributed by atoms with Gasteiger partial charge in [0.2, 0.25) is 0 Å². The van der Waals surface area contributed by atoms with Gasteiger partial charge >= 0.3 is 5.97 Å². The first-order chi connectivity index (χ1) is 11.7. The van der Waals surface area contributed by atoms with Crippen LogP contribution in [0.2, 0.25) is 0 Å². The molecular formula is C21H18O3. The molecule has 3 aromatic rings. The van der Waals surface area contributed by atoms with Crippen LogP contribution >= 0.6 is 0 Å². The van der Waals surface area contributed by atoms with Gasteiger partial charge in [-0.15, -0.1) is 0 Å². The third-order valence-electron chi connectivity index (χ3n) is 3.93. The molecule has 0 spiro atoms. The predicted octanol–water partition coefficient (Wildman–Crippen LogP) is 4.82. The van der Waals surface area contributed by atoms with Crippen molar-refractivity contribution in [3.63, 3.8) is 0 Å². The first kappa shape index (κ1) is 15.8. The lowest BCUT2D eigenvalue weighted by molar-refractivity contribution is 0.0601. The standard InChI is InChI=1S/C21H18O3/c1-23-18-11-8-16(9-12-18)20-14-17(15-6-4-3-5-7-15)10-13-19(20)21(22)24-2/h3-14H,1-2H3. The van der Waals surface area contributed by atoms with E-state index in [1.54, 1.807) is 7.11 Å². The minimum atomic E-state index is -0.347. The number of hydrogen-bond acceptors (Lipinski definition) is 3. The Kier molecular flexibility index (Phi) is 4.62. The normalized spacial score (nSPS) is 10.2. The molecule has 0 aromatic heterocycles.